The quantitative estimate of drug-likeness (QED) is 0.865. The Bertz CT molecular complexity index is 396. The molecule has 0 aliphatic carbocycles. The van der Waals surface area contributed by atoms with Gasteiger partial charge in [0.1, 0.15) is 5.75 Å². The van der Waals surface area contributed by atoms with Crippen LogP contribution in [0.4, 0.5) is 0 Å². The summed E-state index contributed by atoms with van der Waals surface area (Å²) in [5.74, 6) is 0.529. The average Bonchev–Trinajstić information content (AvgIpc) is 2.32. The lowest BCUT2D eigenvalue weighted by Gasteiger charge is -2.14. The van der Waals surface area contributed by atoms with Crippen LogP contribution < -0.4 is 15.8 Å². The van der Waals surface area contributed by atoms with Gasteiger partial charge in [-0.3, -0.25) is 4.79 Å². The van der Waals surface area contributed by atoms with Gasteiger partial charge in [-0.2, -0.15) is 0 Å². The topological polar surface area (TPSA) is 64.3 Å². The molecule has 0 bridgehead atoms. The van der Waals surface area contributed by atoms with Crippen LogP contribution in [0.15, 0.2) is 22.7 Å². The number of nitrogens with one attached hydrogen (secondary N) is 1. The van der Waals surface area contributed by atoms with Gasteiger partial charge in [-0.25, -0.2) is 0 Å². The minimum Gasteiger partial charge on any atom is -0.481 e. The summed E-state index contributed by atoms with van der Waals surface area (Å²) in [5, 5.41) is 2.54. The Balaban J connectivity index is 2.78. The normalized spacial score (nSPS) is 12.0. The molecular weight excluding hydrogens is 284 g/mol. The number of hydrogen-bond acceptors (Lipinski definition) is 3. The Labute approximate surface area is 110 Å². The number of halogens is 1. The second-order valence-corrected chi connectivity index (χ2v) is 4.52. The van der Waals surface area contributed by atoms with Crippen molar-refractivity contribution in [2.24, 2.45) is 5.73 Å². The van der Waals surface area contributed by atoms with Gasteiger partial charge in [-0.05, 0) is 43.7 Å². The van der Waals surface area contributed by atoms with Gasteiger partial charge in [0.2, 0.25) is 0 Å². The van der Waals surface area contributed by atoms with Crippen LogP contribution in [0.1, 0.15) is 12.5 Å². The fraction of sp³-hybridized carbons (Fsp3) is 0.417. The highest BCUT2D eigenvalue weighted by molar-refractivity contribution is 9.10. The number of ether oxygens (including phenoxy) is 1. The van der Waals surface area contributed by atoms with E-state index in [-0.39, 0.29) is 5.91 Å². The first-order chi connectivity index (χ1) is 8.08. The van der Waals surface area contributed by atoms with Crippen LogP contribution in [-0.4, -0.2) is 25.6 Å². The Morgan fingerprint density at radius 1 is 1.59 bits per heavy atom. The van der Waals surface area contributed by atoms with Crippen molar-refractivity contribution in [2.45, 2.75) is 19.4 Å². The van der Waals surface area contributed by atoms with Crippen LogP contribution in [0.2, 0.25) is 0 Å². The Kier molecular flexibility index (Phi) is 5.44. The van der Waals surface area contributed by atoms with Crippen molar-refractivity contribution in [3.63, 3.8) is 0 Å². The predicted molar refractivity (Wildman–Crippen MR) is 71.1 cm³/mol. The van der Waals surface area contributed by atoms with Crippen LogP contribution >= 0.6 is 15.9 Å². The van der Waals surface area contributed by atoms with Crippen molar-refractivity contribution in [1.29, 1.82) is 0 Å². The lowest BCUT2D eigenvalue weighted by molar-refractivity contribution is -0.126. The molecule has 4 nitrogen and oxygen atoms in total. The molecule has 0 aromatic heterocycles. The molecule has 1 unspecified atom stereocenters. The molecule has 0 radical (unpaired) electrons. The maximum absolute atomic E-state index is 11.3. The van der Waals surface area contributed by atoms with Crippen LogP contribution in [-0.2, 0) is 11.2 Å². The van der Waals surface area contributed by atoms with E-state index in [1.54, 1.807) is 14.0 Å². The van der Waals surface area contributed by atoms with E-state index in [1.807, 2.05) is 18.2 Å². The molecule has 1 amide bonds. The van der Waals surface area contributed by atoms with E-state index in [1.165, 1.54) is 0 Å². The summed E-state index contributed by atoms with van der Waals surface area (Å²) in [6, 6.07) is 5.62. The maximum atomic E-state index is 11.3. The van der Waals surface area contributed by atoms with Crippen molar-refractivity contribution in [3.05, 3.63) is 28.2 Å². The second kappa shape index (κ2) is 6.61. The van der Waals surface area contributed by atoms with Gasteiger partial charge in [0.25, 0.3) is 5.91 Å². The number of rotatable bonds is 5. The standard InChI is InChI=1S/C12H17BrN2O2/c1-8(12(16)15-2)17-10-3-4-11(13)9(7-10)5-6-14/h3-4,7-8H,5-6,14H2,1-2H3,(H,15,16). The zero-order valence-electron chi connectivity index (χ0n) is 10.00. The summed E-state index contributed by atoms with van der Waals surface area (Å²) < 4.78 is 6.54. The first-order valence-corrected chi connectivity index (χ1v) is 6.24. The van der Waals surface area contributed by atoms with Crippen molar-refractivity contribution in [1.82, 2.24) is 5.32 Å². The SMILES string of the molecule is CNC(=O)C(C)Oc1ccc(Br)c(CCN)c1. The molecular formula is C12H17BrN2O2. The van der Waals surface area contributed by atoms with E-state index in [2.05, 4.69) is 21.2 Å². The van der Waals surface area contributed by atoms with Gasteiger partial charge in [0.15, 0.2) is 6.10 Å². The molecule has 3 N–H and O–H groups in total. The molecule has 1 rings (SSSR count). The van der Waals surface area contributed by atoms with Gasteiger partial charge in [0.05, 0.1) is 0 Å². The van der Waals surface area contributed by atoms with Crippen LogP contribution in [0.3, 0.4) is 0 Å². The third-order valence-electron chi connectivity index (χ3n) is 2.36. The lowest BCUT2D eigenvalue weighted by Crippen LogP contribution is -2.33. The van der Waals surface area contributed by atoms with E-state index < -0.39 is 6.10 Å². The fourth-order valence-electron chi connectivity index (χ4n) is 1.43. The number of amides is 1. The average molecular weight is 301 g/mol. The van der Waals surface area contributed by atoms with Crippen LogP contribution in [0.5, 0.6) is 5.75 Å². The highest BCUT2D eigenvalue weighted by Crippen LogP contribution is 2.23. The van der Waals surface area contributed by atoms with Gasteiger partial charge < -0.3 is 15.8 Å². The van der Waals surface area contributed by atoms with Gasteiger partial charge in [-0.15, -0.1) is 0 Å². The molecule has 0 spiro atoms. The Morgan fingerprint density at radius 2 is 2.29 bits per heavy atom. The van der Waals surface area contributed by atoms with Crippen molar-refractivity contribution in [3.8, 4) is 5.75 Å². The summed E-state index contributed by atoms with van der Waals surface area (Å²) >= 11 is 3.45. The fourth-order valence-corrected chi connectivity index (χ4v) is 1.88. The van der Waals surface area contributed by atoms with Crippen molar-refractivity contribution >= 4 is 21.8 Å². The molecule has 1 atom stereocenters. The van der Waals surface area contributed by atoms with E-state index in [0.717, 1.165) is 16.5 Å². The third-order valence-corrected chi connectivity index (χ3v) is 3.13. The summed E-state index contributed by atoms with van der Waals surface area (Å²) in [7, 11) is 1.59. The van der Waals surface area contributed by atoms with E-state index >= 15 is 0 Å². The van der Waals surface area contributed by atoms with Gasteiger partial charge in [0, 0.05) is 11.5 Å². The zero-order valence-corrected chi connectivity index (χ0v) is 11.6. The Morgan fingerprint density at radius 3 is 2.88 bits per heavy atom. The molecule has 5 heteroatoms. The molecule has 94 valence electrons. The minimum atomic E-state index is -0.507. The largest absolute Gasteiger partial charge is 0.481 e. The molecule has 0 saturated heterocycles. The van der Waals surface area contributed by atoms with Crippen molar-refractivity contribution in [2.75, 3.05) is 13.6 Å². The second-order valence-electron chi connectivity index (χ2n) is 3.67. The number of likely N-dealkylation sites (N-methyl/N-ethyl adjacent to an activating group) is 1. The first kappa shape index (κ1) is 14.0. The highest BCUT2D eigenvalue weighted by Gasteiger charge is 2.13. The molecule has 0 fully saturated rings. The third kappa shape index (κ3) is 4.02. The number of hydrogen-bond donors (Lipinski definition) is 2. The summed E-state index contributed by atoms with van der Waals surface area (Å²) in [5.41, 5.74) is 6.60. The van der Waals surface area contributed by atoms with Gasteiger partial charge >= 0.3 is 0 Å². The highest BCUT2D eigenvalue weighted by atomic mass is 79.9. The molecule has 17 heavy (non-hydrogen) atoms. The van der Waals surface area contributed by atoms with Gasteiger partial charge in [-0.1, -0.05) is 15.9 Å². The zero-order chi connectivity index (χ0) is 12.8. The first-order valence-electron chi connectivity index (χ1n) is 5.45. The maximum Gasteiger partial charge on any atom is 0.260 e. The molecule has 0 aliphatic heterocycles. The molecule has 0 heterocycles. The number of carbonyl (C=O) groups is 1. The lowest BCUT2D eigenvalue weighted by atomic mass is 10.1. The number of benzene rings is 1. The molecule has 1 aromatic carbocycles. The Hall–Kier alpha value is -1.07. The van der Waals surface area contributed by atoms with Crippen LogP contribution in [0.25, 0.3) is 0 Å². The minimum absolute atomic E-state index is 0.145. The van der Waals surface area contributed by atoms with E-state index in [9.17, 15) is 4.79 Å². The summed E-state index contributed by atoms with van der Waals surface area (Å²) in [6.07, 6.45) is 0.262. The monoisotopic (exact) mass is 300 g/mol. The smallest absolute Gasteiger partial charge is 0.260 e. The number of carbonyl (C=O) groups excluding carboxylic acids is 1. The summed E-state index contributed by atoms with van der Waals surface area (Å²) in [6.45, 7) is 2.29. The molecule has 1 aromatic rings. The van der Waals surface area contributed by atoms with Crippen molar-refractivity contribution < 1.29 is 9.53 Å². The number of nitrogens with two attached hydrogens (primary N) is 1. The van der Waals surface area contributed by atoms with Crippen LogP contribution in [0, 0.1) is 0 Å². The predicted octanol–water partition coefficient (Wildman–Crippen LogP) is 1.46. The summed E-state index contributed by atoms with van der Waals surface area (Å²) in [4.78, 5) is 11.3. The molecule has 0 aliphatic rings. The molecule has 0 saturated carbocycles. The van der Waals surface area contributed by atoms with E-state index in [4.69, 9.17) is 10.5 Å². The van der Waals surface area contributed by atoms with E-state index in [0.29, 0.717) is 12.3 Å².